The molecule has 4 N–H and O–H groups in total. The molecule has 6 nitrogen and oxygen atoms in total. The molecule has 0 aliphatic heterocycles. The Balaban J connectivity index is 2.73. The fourth-order valence-electron chi connectivity index (χ4n) is 2.19. The summed E-state index contributed by atoms with van der Waals surface area (Å²) in [5.74, 6) is 0.926. The molecular formula is C15H28N4O2. The van der Waals surface area contributed by atoms with Crippen LogP contribution in [0.3, 0.4) is 0 Å². The van der Waals surface area contributed by atoms with E-state index in [1.165, 1.54) is 11.0 Å². The molecule has 6 heteroatoms. The topological polar surface area (TPSA) is 92.9 Å². The summed E-state index contributed by atoms with van der Waals surface area (Å²) in [6.45, 7) is 7.65. The third-order valence-corrected chi connectivity index (χ3v) is 3.48. The van der Waals surface area contributed by atoms with Crippen LogP contribution in [0.4, 0.5) is 11.5 Å². The van der Waals surface area contributed by atoms with Gasteiger partial charge >= 0.3 is 5.69 Å². The number of rotatable bonds is 9. The Morgan fingerprint density at radius 1 is 1.24 bits per heavy atom. The first kappa shape index (κ1) is 17.3. The standard InChI is InChI=1S/C15H28N4O2/c1-4-5-10-19-13(16)12(14(20)18-15(19)21)17-9-7-6-8-11(2)3/h11,17H,4-10,16H2,1-3H3,(H,18,20,21). The van der Waals surface area contributed by atoms with Crippen LogP contribution in [0.1, 0.15) is 52.9 Å². The van der Waals surface area contributed by atoms with E-state index in [2.05, 4.69) is 24.1 Å². The van der Waals surface area contributed by atoms with Gasteiger partial charge in [0.05, 0.1) is 0 Å². The predicted molar refractivity (Wildman–Crippen MR) is 87.8 cm³/mol. The summed E-state index contributed by atoms with van der Waals surface area (Å²) in [5.41, 5.74) is 5.41. The molecule has 0 aromatic carbocycles. The molecular weight excluding hydrogens is 268 g/mol. The molecule has 0 bridgehead atoms. The van der Waals surface area contributed by atoms with E-state index in [-0.39, 0.29) is 5.82 Å². The van der Waals surface area contributed by atoms with E-state index < -0.39 is 11.2 Å². The number of unbranched alkanes of at least 4 members (excludes halogenated alkanes) is 2. The Morgan fingerprint density at radius 2 is 1.95 bits per heavy atom. The van der Waals surface area contributed by atoms with Crippen molar-refractivity contribution in [2.75, 3.05) is 17.6 Å². The van der Waals surface area contributed by atoms with Gasteiger partial charge in [-0.1, -0.05) is 40.0 Å². The Hall–Kier alpha value is -1.72. The number of H-pyrrole nitrogens is 1. The third kappa shape index (κ3) is 5.28. The predicted octanol–water partition coefficient (Wildman–Crippen LogP) is 2.16. The maximum absolute atomic E-state index is 11.8. The fraction of sp³-hybridized carbons (Fsp3) is 0.733. The minimum atomic E-state index is -0.436. The second-order valence-electron chi connectivity index (χ2n) is 5.84. The van der Waals surface area contributed by atoms with Crippen LogP contribution in [0.2, 0.25) is 0 Å². The van der Waals surface area contributed by atoms with Gasteiger partial charge in [0.2, 0.25) is 0 Å². The van der Waals surface area contributed by atoms with Crippen molar-refractivity contribution in [1.82, 2.24) is 9.55 Å². The van der Waals surface area contributed by atoms with Gasteiger partial charge in [-0.3, -0.25) is 14.3 Å². The highest BCUT2D eigenvalue weighted by atomic mass is 16.2. The summed E-state index contributed by atoms with van der Waals surface area (Å²) in [6.07, 6.45) is 5.07. The van der Waals surface area contributed by atoms with E-state index in [0.29, 0.717) is 24.7 Å². The highest BCUT2D eigenvalue weighted by Crippen LogP contribution is 2.12. The van der Waals surface area contributed by atoms with Crippen LogP contribution in [0.15, 0.2) is 9.59 Å². The lowest BCUT2D eigenvalue weighted by molar-refractivity contribution is 0.544. The van der Waals surface area contributed by atoms with E-state index >= 15 is 0 Å². The Bertz CT molecular complexity index is 546. The summed E-state index contributed by atoms with van der Waals surface area (Å²) < 4.78 is 1.43. The molecule has 0 unspecified atom stereocenters. The van der Waals surface area contributed by atoms with Gasteiger partial charge in [-0.15, -0.1) is 0 Å². The van der Waals surface area contributed by atoms with Crippen molar-refractivity contribution >= 4 is 11.5 Å². The molecule has 21 heavy (non-hydrogen) atoms. The van der Waals surface area contributed by atoms with Crippen LogP contribution >= 0.6 is 0 Å². The molecule has 120 valence electrons. The molecule has 0 saturated carbocycles. The number of nitrogens with one attached hydrogen (secondary N) is 2. The molecule has 1 aromatic heterocycles. The normalized spacial score (nSPS) is 11.0. The quantitative estimate of drug-likeness (QED) is 0.609. The molecule has 1 rings (SSSR count). The van der Waals surface area contributed by atoms with Crippen molar-refractivity contribution < 1.29 is 0 Å². The number of nitrogens with two attached hydrogens (primary N) is 1. The minimum Gasteiger partial charge on any atom is -0.383 e. The summed E-state index contributed by atoms with van der Waals surface area (Å²) in [4.78, 5) is 25.9. The number of hydrogen-bond donors (Lipinski definition) is 3. The molecule has 0 aliphatic carbocycles. The summed E-state index contributed by atoms with van der Waals surface area (Å²) in [5, 5.41) is 3.07. The van der Waals surface area contributed by atoms with Gasteiger partial charge in [-0.2, -0.15) is 0 Å². The highest BCUT2D eigenvalue weighted by molar-refractivity contribution is 5.60. The molecule has 1 heterocycles. The Labute approximate surface area is 125 Å². The zero-order valence-electron chi connectivity index (χ0n) is 13.4. The molecule has 0 saturated heterocycles. The minimum absolute atomic E-state index is 0.237. The van der Waals surface area contributed by atoms with E-state index in [4.69, 9.17) is 5.73 Å². The Morgan fingerprint density at radius 3 is 2.57 bits per heavy atom. The lowest BCUT2D eigenvalue weighted by Gasteiger charge is -2.13. The van der Waals surface area contributed by atoms with E-state index in [1.807, 2.05) is 6.92 Å². The zero-order valence-corrected chi connectivity index (χ0v) is 13.4. The van der Waals surface area contributed by atoms with Gasteiger partial charge in [0, 0.05) is 13.1 Å². The van der Waals surface area contributed by atoms with Crippen LogP contribution < -0.4 is 22.3 Å². The van der Waals surface area contributed by atoms with Crippen LogP contribution in [-0.2, 0) is 6.54 Å². The van der Waals surface area contributed by atoms with E-state index in [1.54, 1.807) is 0 Å². The number of aromatic amines is 1. The van der Waals surface area contributed by atoms with Gasteiger partial charge in [0.25, 0.3) is 5.56 Å². The third-order valence-electron chi connectivity index (χ3n) is 3.48. The summed E-state index contributed by atoms with van der Waals surface area (Å²) in [7, 11) is 0. The molecule has 0 fully saturated rings. The average Bonchev–Trinajstić information content (AvgIpc) is 2.41. The number of aromatic nitrogens is 2. The number of hydrogen-bond acceptors (Lipinski definition) is 4. The van der Waals surface area contributed by atoms with Crippen molar-refractivity contribution in [3.63, 3.8) is 0 Å². The summed E-state index contributed by atoms with van der Waals surface area (Å²) in [6, 6.07) is 0. The molecule has 0 radical (unpaired) electrons. The smallest absolute Gasteiger partial charge is 0.330 e. The first-order valence-corrected chi connectivity index (χ1v) is 7.83. The largest absolute Gasteiger partial charge is 0.383 e. The van der Waals surface area contributed by atoms with Gasteiger partial charge in [0.1, 0.15) is 11.5 Å². The molecule has 0 amide bonds. The Kier molecular flexibility index (Phi) is 7.05. The molecule has 0 aliphatic rings. The number of nitrogen functional groups attached to an aromatic ring is 1. The van der Waals surface area contributed by atoms with Gasteiger partial charge in [-0.05, 0) is 18.8 Å². The lowest BCUT2D eigenvalue weighted by Crippen LogP contribution is -2.34. The van der Waals surface area contributed by atoms with Crippen LogP contribution in [0, 0.1) is 5.92 Å². The highest BCUT2D eigenvalue weighted by Gasteiger charge is 2.11. The lowest BCUT2D eigenvalue weighted by atomic mass is 10.1. The van der Waals surface area contributed by atoms with Crippen molar-refractivity contribution in [2.24, 2.45) is 5.92 Å². The molecule has 0 spiro atoms. The van der Waals surface area contributed by atoms with Crippen LogP contribution in [0.25, 0.3) is 0 Å². The second kappa shape index (κ2) is 8.54. The van der Waals surface area contributed by atoms with Crippen molar-refractivity contribution in [3.8, 4) is 0 Å². The van der Waals surface area contributed by atoms with E-state index in [9.17, 15) is 9.59 Å². The maximum Gasteiger partial charge on any atom is 0.330 e. The molecule has 0 atom stereocenters. The number of nitrogens with zero attached hydrogens (tertiary/aromatic N) is 1. The van der Waals surface area contributed by atoms with Crippen molar-refractivity contribution in [3.05, 3.63) is 20.8 Å². The van der Waals surface area contributed by atoms with Crippen LogP contribution in [-0.4, -0.2) is 16.1 Å². The zero-order chi connectivity index (χ0) is 15.8. The van der Waals surface area contributed by atoms with E-state index in [0.717, 1.165) is 25.7 Å². The first-order chi connectivity index (χ1) is 9.97. The number of anilines is 2. The second-order valence-corrected chi connectivity index (χ2v) is 5.84. The van der Waals surface area contributed by atoms with Gasteiger partial charge < -0.3 is 11.1 Å². The van der Waals surface area contributed by atoms with Gasteiger partial charge in [0.15, 0.2) is 0 Å². The molecule has 1 aromatic rings. The van der Waals surface area contributed by atoms with Crippen molar-refractivity contribution in [1.29, 1.82) is 0 Å². The SMILES string of the molecule is CCCCn1c(N)c(NCCCCC(C)C)c(=O)[nH]c1=O. The monoisotopic (exact) mass is 296 g/mol. The van der Waals surface area contributed by atoms with Crippen molar-refractivity contribution in [2.45, 2.75) is 59.4 Å². The maximum atomic E-state index is 11.8. The van der Waals surface area contributed by atoms with Crippen LogP contribution in [0.5, 0.6) is 0 Å². The fourth-order valence-corrected chi connectivity index (χ4v) is 2.19. The van der Waals surface area contributed by atoms with Gasteiger partial charge in [-0.25, -0.2) is 4.79 Å². The average molecular weight is 296 g/mol. The first-order valence-electron chi connectivity index (χ1n) is 7.83. The summed E-state index contributed by atoms with van der Waals surface area (Å²) >= 11 is 0.